The van der Waals surface area contributed by atoms with E-state index in [0.29, 0.717) is 12.6 Å². The van der Waals surface area contributed by atoms with Crippen LogP contribution >= 0.6 is 12.4 Å². The summed E-state index contributed by atoms with van der Waals surface area (Å²) in [5.41, 5.74) is 0.913. The van der Waals surface area contributed by atoms with Crippen LogP contribution in [0.25, 0.3) is 21.5 Å². The van der Waals surface area contributed by atoms with Crippen molar-refractivity contribution >= 4 is 45.5 Å². The largest absolute Gasteiger partial charge is 0.324 e. The first kappa shape index (κ1) is 15.8. The van der Waals surface area contributed by atoms with E-state index >= 15 is 0 Å². The fourth-order valence-corrected chi connectivity index (χ4v) is 2.86. The molecule has 0 unspecified atom stereocenters. The van der Waals surface area contributed by atoms with Crippen molar-refractivity contribution < 1.29 is 4.79 Å². The van der Waals surface area contributed by atoms with Gasteiger partial charge >= 0.3 is 0 Å². The van der Waals surface area contributed by atoms with E-state index in [1.807, 2.05) is 24.3 Å². The van der Waals surface area contributed by atoms with Crippen molar-refractivity contribution in [2.75, 3.05) is 11.9 Å². The number of benzene rings is 3. The molecular formula is C19H19ClN2O. The van der Waals surface area contributed by atoms with Gasteiger partial charge in [-0.15, -0.1) is 12.4 Å². The number of fused-ring (bicyclic) bond motifs is 2. The Hall–Kier alpha value is -2.10. The molecule has 0 atom stereocenters. The maximum atomic E-state index is 12.3. The van der Waals surface area contributed by atoms with Crippen molar-refractivity contribution in [3.8, 4) is 0 Å². The van der Waals surface area contributed by atoms with E-state index in [1.165, 1.54) is 12.8 Å². The average Bonchev–Trinajstić information content (AvgIpc) is 3.37. The number of rotatable bonds is 4. The van der Waals surface area contributed by atoms with Gasteiger partial charge in [0.1, 0.15) is 0 Å². The Morgan fingerprint density at radius 3 is 2.09 bits per heavy atom. The molecule has 0 bridgehead atoms. The van der Waals surface area contributed by atoms with Gasteiger partial charge in [-0.05, 0) is 29.7 Å². The van der Waals surface area contributed by atoms with Gasteiger partial charge in [-0.3, -0.25) is 4.79 Å². The highest BCUT2D eigenvalue weighted by molar-refractivity contribution is 6.15. The zero-order valence-electron chi connectivity index (χ0n) is 12.7. The molecule has 0 heterocycles. The lowest BCUT2D eigenvalue weighted by molar-refractivity contribution is -0.115. The molecule has 0 saturated heterocycles. The minimum absolute atomic E-state index is 0. The van der Waals surface area contributed by atoms with Crippen molar-refractivity contribution in [3.05, 3.63) is 54.6 Å². The molecule has 4 heteroatoms. The molecule has 3 aromatic carbocycles. The minimum Gasteiger partial charge on any atom is -0.324 e. The van der Waals surface area contributed by atoms with Crippen LogP contribution in [0.2, 0.25) is 0 Å². The van der Waals surface area contributed by atoms with E-state index in [2.05, 4.69) is 41.0 Å². The molecule has 118 valence electrons. The second kappa shape index (κ2) is 6.57. The molecule has 1 aliphatic rings. The van der Waals surface area contributed by atoms with Crippen molar-refractivity contribution in [3.63, 3.8) is 0 Å². The highest BCUT2D eigenvalue weighted by atomic mass is 35.5. The van der Waals surface area contributed by atoms with Crippen molar-refractivity contribution in [1.29, 1.82) is 0 Å². The third-order valence-corrected chi connectivity index (χ3v) is 4.16. The summed E-state index contributed by atoms with van der Waals surface area (Å²) in [5, 5.41) is 10.8. The van der Waals surface area contributed by atoms with E-state index in [0.717, 1.165) is 27.2 Å². The summed E-state index contributed by atoms with van der Waals surface area (Å²) in [7, 11) is 0. The molecule has 23 heavy (non-hydrogen) atoms. The number of nitrogens with one attached hydrogen (secondary N) is 2. The smallest absolute Gasteiger partial charge is 0.238 e. The number of halogens is 1. The molecule has 1 saturated carbocycles. The summed E-state index contributed by atoms with van der Waals surface area (Å²) in [6.45, 7) is 0.377. The normalized spacial score (nSPS) is 13.7. The number of anilines is 1. The SMILES string of the molecule is Cl.O=C(CNC1CC1)Nc1c2ccccc2cc2ccccc12. The fraction of sp³-hybridized carbons (Fsp3) is 0.211. The van der Waals surface area contributed by atoms with Gasteiger partial charge in [-0.2, -0.15) is 0 Å². The van der Waals surface area contributed by atoms with Gasteiger partial charge in [-0.1, -0.05) is 48.5 Å². The average molecular weight is 327 g/mol. The number of carbonyl (C=O) groups is 1. The minimum atomic E-state index is 0. The molecule has 4 rings (SSSR count). The lowest BCUT2D eigenvalue weighted by atomic mass is 10.0. The van der Waals surface area contributed by atoms with Crippen LogP contribution in [-0.4, -0.2) is 18.5 Å². The molecule has 3 aromatic rings. The third kappa shape index (κ3) is 3.31. The molecule has 0 radical (unpaired) electrons. The molecule has 0 spiro atoms. The van der Waals surface area contributed by atoms with Gasteiger partial charge in [0.2, 0.25) is 5.91 Å². The second-order valence-corrected chi connectivity index (χ2v) is 5.90. The Morgan fingerprint density at radius 1 is 0.957 bits per heavy atom. The lowest BCUT2D eigenvalue weighted by Crippen LogP contribution is -2.29. The Labute approximate surface area is 141 Å². The molecule has 0 aromatic heterocycles. The highest BCUT2D eigenvalue weighted by Crippen LogP contribution is 2.32. The molecule has 2 N–H and O–H groups in total. The molecule has 1 fully saturated rings. The van der Waals surface area contributed by atoms with Crippen molar-refractivity contribution in [2.45, 2.75) is 18.9 Å². The topological polar surface area (TPSA) is 41.1 Å². The first-order chi connectivity index (χ1) is 10.8. The van der Waals surface area contributed by atoms with Crippen molar-refractivity contribution in [2.24, 2.45) is 0 Å². The van der Waals surface area contributed by atoms with E-state index in [9.17, 15) is 4.79 Å². The molecular weight excluding hydrogens is 308 g/mol. The van der Waals surface area contributed by atoms with Crippen LogP contribution in [0.1, 0.15) is 12.8 Å². The van der Waals surface area contributed by atoms with Crippen LogP contribution in [-0.2, 0) is 4.79 Å². The van der Waals surface area contributed by atoms with Gasteiger partial charge in [0.05, 0.1) is 12.2 Å². The van der Waals surface area contributed by atoms with Gasteiger partial charge < -0.3 is 10.6 Å². The maximum Gasteiger partial charge on any atom is 0.238 e. The van der Waals surface area contributed by atoms with Gasteiger partial charge in [-0.25, -0.2) is 0 Å². The van der Waals surface area contributed by atoms with E-state index in [-0.39, 0.29) is 18.3 Å². The van der Waals surface area contributed by atoms with E-state index < -0.39 is 0 Å². The highest BCUT2D eigenvalue weighted by Gasteiger charge is 2.21. The standard InChI is InChI=1S/C19H18N2O.ClH/c22-18(12-20-15-9-10-15)21-19-16-7-3-1-5-13(16)11-14-6-2-4-8-17(14)19;/h1-8,11,15,20H,9-10,12H2,(H,21,22);1H. The van der Waals surface area contributed by atoms with Gasteiger partial charge in [0.15, 0.2) is 0 Å². The number of carbonyl (C=O) groups excluding carboxylic acids is 1. The van der Waals surface area contributed by atoms with Crippen LogP contribution in [0.4, 0.5) is 5.69 Å². The molecule has 0 aliphatic heterocycles. The number of hydrogen-bond acceptors (Lipinski definition) is 2. The van der Waals surface area contributed by atoms with Crippen LogP contribution in [0, 0.1) is 0 Å². The third-order valence-electron chi connectivity index (χ3n) is 4.16. The predicted octanol–water partition coefficient (Wildman–Crippen LogP) is 4.11. The first-order valence-corrected chi connectivity index (χ1v) is 7.75. The fourth-order valence-electron chi connectivity index (χ4n) is 2.86. The van der Waals surface area contributed by atoms with Gasteiger partial charge in [0.25, 0.3) is 0 Å². The first-order valence-electron chi connectivity index (χ1n) is 7.75. The molecule has 1 amide bonds. The summed E-state index contributed by atoms with van der Waals surface area (Å²) in [5.74, 6) is 0.0217. The quantitative estimate of drug-likeness (QED) is 0.708. The van der Waals surface area contributed by atoms with Crippen LogP contribution in [0.5, 0.6) is 0 Å². The van der Waals surface area contributed by atoms with Crippen molar-refractivity contribution in [1.82, 2.24) is 5.32 Å². The van der Waals surface area contributed by atoms with Crippen LogP contribution < -0.4 is 10.6 Å². The summed E-state index contributed by atoms with van der Waals surface area (Å²) in [4.78, 5) is 12.3. The Kier molecular flexibility index (Phi) is 4.51. The summed E-state index contributed by atoms with van der Waals surface area (Å²) in [6.07, 6.45) is 2.37. The second-order valence-electron chi connectivity index (χ2n) is 5.90. The van der Waals surface area contributed by atoms with Crippen LogP contribution in [0.3, 0.4) is 0 Å². The summed E-state index contributed by atoms with van der Waals surface area (Å²) < 4.78 is 0. The lowest BCUT2D eigenvalue weighted by Gasteiger charge is -2.13. The Morgan fingerprint density at radius 2 is 1.52 bits per heavy atom. The van der Waals surface area contributed by atoms with E-state index in [1.54, 1.807) is 0 Å². The zero-order chi connectivity index (χ0) is 14.9. The summed E-state index contributed by atoms with van der Waals surface area (Å²) >= 11 is 0. The maximum absolute atomic E-state index is 12.3. The summed E-state index contributed by atoms with van der Waals surface area (Å²) in [6, 6.07) is 19.1. The Balaban J connectivity index is 0.00000156. The molecule has 1 aliphatic carbocycles. The number of hydrogen-bond donors (Lipinski definition) is 2. The predicted molar refractivity (Wildman–Crippen MR) is 98.4 cm³/mol. The number of amides is 1. The van der Waals surface area contributed by atoms with Gasteiger partial charge in [0, 0.05) is 16.8 Å². The monoisotopic (exact) mass is 326 g/mol. The van der Waals surface area contributed by atoms with Crippen LogP contribution in [0.15, 0.2) is 54.6 Å². The molecule has 3 nitrogen and oxygen atoms in total. The van der Waals surface area contributed by atoms with E-state index in [4.69, 9.17) is 0 Å². The zero-order valence-corrected chi connectivity index (χ0v) is 13.5. The Bertz CT molecular complexity index is 804.